The summed E-state index contributed by atoms with van der Waals surface area (Å²) in [6, 6.07) is 16.9. The minimum Gasteiger partial charge on any atom is -0.376 e. The third-order valence-corrected chi connectivity index (χ3v) is 4.01. The molecule has 0 aliphatic heterocycles. The van der Waals surface area contributed by atoms with Crippen molar-refractivity contribution in [3.05, 3.63) is 71.5 Å². The lowest BCUT2D eigenvalue weighted by molar-refractivity contribution is 0.0937. The zero-order chi connectivity index (χ0) is 14.2. The molecule has 2 aromatic rings. The number of rotatable bonds is 7. The van der Waals surface area contributed by atoms with Crippen LogP contribution in [-0.2, 0) is 17.8 Å². The van der Waals surface area contributed by atoms with Crippen LogP contribution in [0.4, 0.5) is 4.39 Å². The number of ether oxygens (including phenoxy) is 1. The lowest BCUT2D eigenvalue weighted by atomic mass is 10.0. The summed E-state index contributed by atoms with van der Waals surface area (Å²) in [7, 11) is 0. The third kappa shape index (κ3) is 5.06. The molecule has 0 aliphatic rings. The molecule has 1 atom stereocenters. The zero-order valence-electron chi connectivity index (χ0n) is 11.3. The van der Waals surface area contributed by atoms with E-state index in [1.165, 1.54) is 11.6 Å². The van der Waals surface area contributed by atoms with E-state index in [0.717, 1.165) is 17.3 Å². The maximum absolute atomic E-state index is 13.2. The van der Waals surface area contributed by atoms with E-state index in [4.69, 9.17) is 4.74 Å². The van der Waals surface area contributed by atoms with E-state index in [2.05, 4.69) is 28.1 Å². The lowest BCUT2D eigenvalue weighted by Gasteiger charge is -2.14. The van der Waals surface area contributed by atoms with E-state index < -0.39 is 0 Å². The highest BCUT2D eigenvalue weighted by molar-refractivity contribution is 9.09. The first kappa shape index (κ1) is 15.2. The fraction of sp³-hybridized carbons (Fsp3) is 0.294. The normalized spacial score (nSPS) is 12.3. The summed E-state index contributed by atoms with van der Waals surface area (Å²) in [5, 5.41) is 0.846. The number of hydrogen-bond donors (Lipinski definition) is 0. The van der Waals surface area contributed by atoms with E-state index >= 15 is 0 Å². The Bertz CT molecular complexity index is 515. The summed E-state index contributed by atoms with van der Waals surface area (Å²) < 4.78 is 18.9. The molecule has 0 aromatic heterocycles. The van der Waals surface area contributed by atoms with Crippen LogP contribution < -0.4 is 0 Å². The van der Waals surface area contributed by atoms with Gasteiger partial charge in [-0.05, 0) is 35.6 Å². The monoisotopic (exact) mass is 336 g/mol. The molecule has 106 valence electrons. The van der Waals surface area contributed by atoms with Gasteiger partial charge in [0, 0.05) is 5.33 Å². The molecule has 0 N–H and O–H groups in total. The van der Waals surface area contributed by atoms with Gasteiger partial charge in [-0.25, -0.2) is 4.39 Å². The number of halogens is 2. The summed E-state index contributed by atoms with van der Waals surface area (Å²) in [5.41, 5.74) is 2.18. The Hall–Kier alpha value is -1.19. The number of benzene rings is 2. The molecule has 1 unspecified atom stereocenters. The fourth-order valence-corrected chi connectivity index (χ4v) is 2.49. The first-order valence-electron chi connectivity index (χ1n) is 6.70. The molecule has 1 nitrogen and oxygen atoms in total. The lowest BCUT2D eigenvalue weighted by Crippen LogP contribution is -2.14. The molecule has 2 rings (SSSR count). The number of alkyl halides is 1. The van der Waals surface area contributed by atoms with Crippen LogP contribution in [0.1, 0.15) is 11.1 Å². The average Bonchev–Trinajstić information content (AvgIpc) is 2.47. The molecule has 0 saturated heterocycles. The highest BCUT2D eigenvalue weighted by Gasteiger charge is 2.09. The Labute approximate surface area is 127 Å². The second kappa shape index (κ2) is 8.18. The molecule has 0 radical (unpaired) electrons. The maximum atomic E-state index is 13.2. The van der Waals surface area contributed by atoms with E-state index in [0.29, 0.717) is 19.1 Å². The Balaban J connectivity index is 1.80. The molecule has 3 heteroatoms. The molecule has 0 fully saturated rings. The van der Waals surface area contributed by atoms with Crippen LogP contribution in [0.5, 0.6) is 0 Å². The van der Waals surface area contributed by atoms with Gasteiger partial charge in [-0.15, -0.1) is 0 Å². The van der Waals surface area contributed by atoms with Gasteiger partial charge >= 0.3 is 0 Å². The van der Waals surface area contributed by atoms with Crippen LogP contribution in [0.25, 0.3) is 0 Å². The molecule has 0 heterocycles. The van der Waals surface area contributed by atoms with Crippen LogP contribution in [0, 0.1) is 11.7 Å². The predicted molar refractivity (Wildman–Crippen MR) is 83.5 cm³/mol. The van der Waals surface area contributed by atoms with Crippen LogP contribution in [0.15, 0.2) is 54.6 Å². The summed E-state index contributed by atoms with van der Waals surface area (Å²) in [4.78, 5) is 0. The van der Waals surface area contributed by atoms with Crippen molar-refractivity contribution >= 4 is 15.9 Å². The minimum atomic E-state index is -0.180. The minimum absolute atomic E-state index is 0.180. The number of hydrogen-bond acceptors (Lipinski definition) is 1. The molecule has 2 aromatic carbocycles. The Morgan fingerprint density at radius 2 is 1.75 bits per heavy atom. The summed E-state index contributed by atoms with van der Waals surface area (Å²) in [6.45, 7) is 1.28. The Kier molecular flexibility index (Phi) is 6.22. The van der Waals surface area contributed by atoms with Crippen molar-refractivity contribution in [1.82, 2.24) is 0 Å². The first-order chi connectivity index (χ1) is 9.78. The molecular formula is C17H18BrFO. The Morgan fingerprint density at radius 1 is 1.00 bits per heavy atom. The molecule has 0 spiro atoms. The summed E-state index contributed by atoms with van der Waals surface area (Å²) in [5.74, 6) is 0.168. The molecule has 0 saturated carbocycles. The standard InChI is InChI=1S/C17H18BrFO/c18-11-16(9-15-7-4-8-17(19)10-15)13-20-12-14-5-2-1-3-6-14/h1-8,10,16H,9,11-13H2. The highest BCUT2D eigenvalue weighted by atomic mass is 79.9. The van der Waals surface area contributed by atoms with Crippen molar-refractivity contribution in [2.45, 2.75) is 13.0 Å². The van der Waals surface area contributed by atoms with Crippen molar-refractivity contribution in [2.24, 2.45) is 5.92 Å². The zero-order valence-corrected chi connectivity index (χ0v) is 12.9. The van der Waals surface area contributed by atoms with Gasteiger partial charge in [0.1, 0.15) is 5.82 Å². The summed E-state index contributed by atoms with van der Waals surface area (Å²) >= 11 is 3.50. The topological polar surface area (TPSA) is 9.23 Å². The molecular weight excluding hydrogens is 319 g/mol. The Morgan fingerprint density at radius 3 is 2.45 bits per heavy atom. The fourth-order valence-electron chi connectivity index (χ4n) is 2.07. The largest absolute Gasteiger partial charge is 0.376 e. The van der Waals surface area contributed by atoms with Crippen LogP contribution in [0.2, 0.25) is 0 Å². The van der Waals surface area contributed by atoms with Crippen molar-refractivity contribution in [2.75, 3.05) is 11.9 Å². The second-order valence-corrected chi connectivity index (χ2v) is 5.50. The molecule has 0 amide bonds. The van der Waals surface area contributed by atoms with Crippen molar-refractivity contribution in [1.29, 1.82) is 0 Å². The van der Waals surface area contributed by atoms with E-state index in [-0.39, 0.29) is 5.82 Å². The second-order valence-electron chi connectivity index (χ2n) is 4.86. The van der Waals surface area contributed by atoms with E-state index in [1.54, 1.807) is 12.1 Å². The van der Waals surface area contributed by atoms with Gasteiger partial charge in [0.25, 0.3) is 0 Å². The quantitative estimate of drug-likeness (QED) is 0.671. The van der Waals surface area contributed by atoms with Gasteiger partial charge in [0.15, 0.2) is 0 Å². The van der Waals surface area contributed by atoms with Crippen LogP contribution in [0.3, 0.4) is 0 Å². The molecule has 0 aliphatic carbocycles. The third-order valence-electron chi connectivity index (χ3n) is 3.10. The van der Waals surface area contributed by atoms with Crippen LogP contribution >= 0.6 is 15.9 Å². The van der Waals surface area contributed by atoms with Gasteiger partial charge in [0.05, 0.1) is 13.2 Å². The van der Waals surface area contributed by atoms with Gasteiger partial charge in [-0.3, -0.25) is 0 Å². The molecule has 0 bridgehead atoms. The van der Waals surface area contributed by atoms with Crippen molar-refractivity contribution in [3.63, 3.8) is 0 Å². The van der Waals surface area contributed by atoms with E-state index in [9.17, 15) is 4.39 Å². The van der Waals surface area contributed by atoms with Gasteiger partial charge in [-0.2, -0.15) is 0 Å². The average molecular weight is 337 g/mol. The first-order valence-corrected chi connectivity index (χ1v) is 7.82. The highest BCUT2D eigenvalue weighted by Crippen LogP contribution is 2.14. The predicted octanol–water partition coefficient (Wildman–Crippen LogP) is 4.60. The smallest absolute Gasteiger partial charge is 0.123 e. The van der Waals surface area contributed by atoms with Gasteiger partial charge in [0.2, 0.25) is 0 Å². The van der Waals surface area contributed by atoms with E-state index in [1.807, 2.05) is 24.3 Å². The van der Waals surface area contributed by atoms with Crippen LogP contribution in [-0.4, -0.2) is 11.9 Å². The van der Waals surface area contributed by atoms with Crippen molar-refractivity contribution < 1.29 is 9.13 Å². The summed E-state index contributed by atoms with van der Waals surface area (Å²) in [6.07, 6.45) is 0.817. The van der Waals surface area contributed by atoms with Crippen molar-refractivity contribution in [3.8, 4) is 0 Å². The van der Waals surface area contributed by atoms with Gasteiger partial charge in [-0.1, -0.05) is 58.4 Å². The molecule has 20 heavy (non-hydrogen) atoms. The maximum Gasteiger partial charge on any atom is 0.123 e. The van der Waals surface area contributed by atoms with Gasteiger partial charge < -0.3 is 4.74 Å². The SMILES string of the molecule is Fc1cccc(CC(CBr)COCc2ccccc2)c1.